The van der Waals surface area contributed by atoms with Crippen LogP contribution in [0.25, 0.3) is 0 Å². The zero-order chi connectivity index (χ0) is 13.5. The highest BCUT2D eigenvalue weighted by molar-refractivity contribution is 5.98. The largest absolute Gasteiger partial charge is 0.459 e. The monoisotopic (exact) mass is 253 g/mol. The Hall–Kier alpha value is -1.06. The first-order chi connectivity index (χ1) is 8.36. The van der Waals surface area contributed by atoms with Crippen molar-refractivity contribution in [2.75, 3.05) is 7.05 Å². The third-order valence-corrected chi connectivity index (χ3v) is 4.63. The summed E-state index contributed by atoms with van der Waals surface area (Å²) in [6.45, 7) is 6.14. The zero-order valence-electron chi connectivity index (χ0n) is 11.7. The van der Waals surface area contributed by atoms with Crippen molar-refractivity contribution in [3.8, 4) is 0 Å². The first kappa shape index (κ1) is 13.4. The van der Waals surface area contributed by atoms with Gasteiger partial charge in [-0.2, -0.15) is 0 Å². The molecule has 102 valence electrons. The summed E-state index contributed by atoms with van der Waals surface area (Å²) in [5.41, 5.74) is -0.438. The van der Waals surface area contributed by atoms with E-state index in [1.165, 1.54) is 0 Å². The van der Waals surface area contributed by atoms with Crippen molar-refractivity contribution in [3.63, 3.8) is 0 Å². The molecule has 1 saturated carbocycles. The van der Waals surface area contributed by atoms with Gasteiger partial charge in [0.2, 0.25) is 5.91 Å². The third-order valence-electron chi connectivity index (χ3n) is 4.63. The minimum absolute atomic E-state index is 0.130. The number of rotatable bonds is 1. The van der Waals surface area contributed by atoms with Crippen LogP contribution in [0.1, 0.15) is 40.0 Å². The van der Waals surface area contributed by atoms with E-state index < -0.39 is 11.5 Å². The number of amides is 1. The minimum Gasteiger partial charge on any atom is -0.459 e. The average Bonchev–Trinajstić information content (AvgIpc) is 2.26. The maximum Gasteiger partial charge on any atom is 0.319 e. The summed E-state index contributed by atoms with van der Waals surface area (Å²) >= 11 is 0. The number of hydrogen-bond donors (Lipinski definition) is 1. The van der Waals surface area contributed by atoms with Gasteiger partial charge in [-0.1, -0.05) is 13.3 Å². The number of carbonyl (C=O) groups excluding carboxylic acids is 2. The van der Waals surface area contributed by atoms with Crippen LogP contribution in [0.3, 0.4) is 0 Å². The lowest BCUT2D eigenvalue weighted by Gasteiger charge is -2.49. The van der Waals surface area contributed by atoms with Gasteiger partial charge >= 0.3 is 5.97 Å². The van der Waals surface area contributed by atoms with Crippen LogP contribution in [0.2, 0.25) is 0 Å². The number of fused-ring (bicyclic) bond motifs is 1. The average molecular weight is 253 g/mol. The SMILES string of the molecule is CNC(=O)[C@H]1C(=O)OC(C)(C)[C@H]2CC[C@@H](C)C[C@H]12. The van der Waals surface area contributed by atoms with Crippen molar-refractivity contribution in [2.45, 2.75) is 45.6 Å². The minimum atomic E-state index is -0.615. The molecule has 1 N–H and O–H groups in total. The van der Waals surface area contributed by atoms with Crippen LogP contribution < -0.4 is 5.32 Å². The summed E-state index contributed by atoms with van der Waals surface area (Å²) in [4.78, 5) is 24.0. The first-order valence-corrected chi connectivity index (χ1v) is 6.81. The number of nitrogens with one attached hydrogen (secondary N) is 1. The lowest BCUT2D eigenvalue weighted by atomic mass is 9.62. The van der Waals surface area contributed by atoms with Gasteiger partial charge in [0.25, 0.3) is 0 Å². The fourth-order valence-electron chi connectivity index (χ4n) is 3.69. The summed E-state index contributed by atoms with van der Waals surface area (Å²) in [7, 11) is 1.58. The van der Waals surface area contributed by atoms with Crippen LogP contribution in [0.5, 0.6) is 0 Å². The second-order valence-electron chi connectivity index (χ2n) is 6.31. The molecule has 2 fully saturated rings. The standard InChI is InChI=1S/C14H23NO3/c1-8-5-6-10-9(7-8)11(12(16)15-4)13(17)18-14(10,2)3/h8-11H,5-7H2,1-4H3,(H,15,16)/t8-,9+,10+,11+/m1/s1. The van der Waals surface area contributed by atoms with Gasteiger partial charge in [-0.3, -0.25) is 9.59 Å². The Morgan fingerprint density at radius 1 is 1.39 bits per heavy atom. The highest BCUT2D eigenvalue weighted by Crippen LogP contribution is 2.48. The van der Waals surface area contributed by atoms with Gasteiger partial charge < -0.3 is 10.1 Å². The summed E-state index contributed by atoms with van der Waals surface area (Å²) in [5.74, 6) is -0.149. The summed E-state index contributed by atoms with van der Waals surface area (Å²) < 4.78 is 5.51. The molecule has 0 radical (unpaired) electrons. The molecule has 0 spiro atoms. The summed E-state index contributed by atoms with van der Waals surface area (Å²) in [6.07, 6.45) is 3.14. The van der Waals surface area contributed by atoms with Crippen LogP contribution in [-0.4, -0.2) is 24.5 Å². The van der Waals surface area contributed by atoms with E-state index in [0.717, 1.165) is 19.3 Å². The highest BCUT2D eigenvalue weighted by Gasteiger charge is 2.53. The molecular weight excluding hydrogens is 230 g/mol. The lowest BCUT2D eigenvalue weighted by molar-refractivity contribution is -0.194. The normalized spacial score (nSPS) is 38.6. The zero-order valence-corrected chi connectivity index (χ0v) is 11.7. The van der Waals surface area contributed by atoms with Gasteiger partial charge in [0.1, 0.15) is 11.5 Å². The van der Waals surface area contributed by atoms with Gasteiger partial charge in [0.05, 0.1) is 0 Å². The van der Waals surface area contributed by atoms with Gasteiger partial charge in [-0.25, -0.2) is 0 Å². The maximum atomic E-state index is 12.1. The Kier molecular flexibility index (Phi) is 3.39. The number of carbonyl (C=O) groups is 2. The molecule has 1 aliphatic carbocycles. The first-order valence-electron chi connectivity index (χ1n) is 6.81. The highest BCUT2D eigenvalue weighted by atomic mass is 16.6. The van der Waals surface area contributed by atoms with Crippen molar-refractivity contribution in [1.29, 1.82) is 0 Å². The van der Waals surface area contributed by atoms with Gasteiger partial charge in [-0.15, -0.1) is 0 Å². The van der Waals surface area contributed by atoms with Crippen LogP contribution in [0.15, 0.2) is 0 Å². The molecule has 1 aliphatic heterocycles. The van der Waals surface area contributed by atoms with Crippen molar-refractivity contribution in [1.82, 2.24) is 5.32 Å². The van der Waals surface area contributed by atoms with E-state index in [9.17, 15) is 9.59 Å². The van der Waals surface area contributed by atoms with Crippen molar-refractivity contribution in [3.05, 3.63) is 0 Å². The molecule has 0 aromatic heterocycles. The second-order valence-corrected chi connectivity index (χ2v) is 6.31. The van der Waals surface area contributed by atoms with E-state index in [2.05, 4.69) is 12.2 Å². The van der Waals surface area contributed by atoms with Gasteiger partial charge in [0, 0.05) is 13.0 Å². The van der Waals surface area contributed by atoms with E-state index in [-0.39, 0.29) is 17.8 Å². The predicted molar refractivity (Wildman–Crippen MR) is 67.7 cm³/mol. The van der Waals surface area contributed by atoms with E-state index >= 15 is 0 Å². The lowest BCUT2D eigenvalue weighted by Crippen LogP contribution is -2.56. The van der Waals surface area contributed by atoms with E-state index in [1.807, 2.05) is 13.8 Å². The molecule has 2 aliphatic rings. The maximum absolute atomic E-state index is 12.1. The number of esters is 1. The molecule has 1 amide bonds. The van der Waals surface area contributed by atoms with Crippen molar-refractivity contribution in [2.24, 2.45) is 23.7 Å². The number of cyclic esters (lactones) is 1. The summed E-state index contributed by atoms with van der Waals surface area (Å²) in [5, 5.41) is 2.60. The quantitative estimate of drug-likeness (QED) is 0.572. The van der Waals surface area contributed by atoms with Crippen LogP contribution >= 0.6 is 0 Å². The molecule has 4 atom stereocenters. The van der Waals surface area contributed by atoms with E-state index in [1.54, 1.807) is 7.05 Å². The fraction of sp³-hybridized carbons (Fsp3) is 0.857. The Morgan fingerprint density at radius 3 is 2.67 bits per heavy atom. The fourth-order valence-corrected chi connectivity index (χ4v) is 3.69. The van der Waals surface area contributed by atoms with E-state index in [0.29, 0.717) is 11.8 Å². The Bertz CT molecular complexity index is 364. The topological polar surface area (TPSA) is 55.4 Å². The Morgan fingerprint density at radius 2 is 2.06 bits per heavy atom. The Labute approximate surface area is 108 Å². The van der Waals surface area contributed by atoms with Crippen molar-refractivity contribution >= 4 is 11.9 Å². The second kappa shape index (κ2) is 4.56. The number of hydrogen-bond acceptors (Lipinski definition) is 3. The third kappa shape index (κ3) is 2.13. The molecule has 0 unspecified atom stereocenters. The molecule has 4 nitrogen and oxygen atoms in total. The molecular formula is C14H23NO3. The Balaban J connectivity index is 2.31. The predicted octanol–water partition coefficient (Wildman–Crippen LogP) is 1.74. The smallest absolute Gasteiger partial charge is 0.319 e. The molecule has 0 aromatic rings. The summed E-state index contributed by atoms with van der Waals surface area (Å²) in [6, 6.07) is 0. The molecule has 1 heterocycles. The molecule has 18 heavy (non-hydrogen) atoms. The van der Waals surface area contributed by atoms with Crippen LogP contribution in [0, 0.1) is 23.7 Å². The van der Waals surface area contributed by atoms with Crippen LogP contribution in [-0.2, 0) is 14.3 Å². The van der Waals surface area contributed by atoms with Gasteiger partial charge in [0.15, 0.2) is 0 Å². The van der Waals surface area contributed by atoms with Crippen molar-refractivity contribution < 1.29 is 14.3 Å². The molecule has 1 saturated heterocycles. The van der Waals surface area contributed by atoms with Gasteiger partial charge in [-0.05, 0) is 38.5 Å². The molecule has 0 aromatic carbocycles. The van der Waals surface area contributed by atoms with Crippen LogP contribution in [0.4, 0.5) is 0 Å². The molecule has 2 rings (SSSR count). The molecule has 4 heteroatoms. The van der Waals surface area contributed by atoms with E-state index in [4.69, 9.17) is 4.74 Å². The molecule has 0 bridgehead atoms. The number of ether oxygens (including phenoxy) is 1.